The number of carbonyl (C=O) groups is 8. The number of rotatable bonds is 26. The summed E-state index contributed by atoms with van der Waals surface area (Å²) in [4.78, 5) is 108. The smallest absolute Gasteiger partial charge is 0.446 e. The molecule has 1 aromatic heterocycles. The van der Waals surface area contributed by atoms with Gasteiger partial charge in [-0.05, 0) is 74.9 Å². The first-order valence-electron chi connectivity index (χ1n) is 20.8. The molecule has 5 atom stereocenters. The molecule has 362 valence electrons. The summed E-state index contributed by atoms with van der Waals surface area (Å²) < 4.78 is 41.1. The number of carbonyl (C=O) groups excluding carboxylic acids is 7. The van der Waals surface area contributed by atoms with Crippen molar-refractivity contribution in [2.45, 2.75) is 108 Å². The minimum atomic E-state index is -4.81. The molecule has 3 aromatic rings. The number of nitrogens with two attached hydrogens (primary N) is 1. The van der Waals surface area contributed by atoms with Crippen LogP contribution in [0.1, 0.15) is 70.9 Å². The van der Waals surface area contributed by atoms with E-state index in [0.717, 1.165) is 10.9 Å². The van der Waals surface area contributed by atoms with Crippen molar-refractivity contribution in [3.05, 3.63) is 65.9 Å². The number of hydrogen-bond donors (Lipinski definition) is 10. The lowest BCUT2D eigenvalue weighted by atomic mass is 10.0. The van der Waals surface area contributed by atoms with Gasteiger partial charge in [0.2, 0.25) is 35.4 Å². The lowest BCUT2D eigenvalue weighted by molar-refractivity contribution is -0.140. The van der Waals surface area contributed by atoms with E-state index in [1.165, 1.54) is 36.0 Å². The van der Waals surface area contributed by atoms with E-state index >= 15 is 0 Å². The number of amides is 7. The maximum absolute atomic E-state index is 14.0. The molecule has 0 fully saturated rings. The molecule has 0 aliphatic heterocycles. The Hall–Kier alpha value is -6.40. The van der Waals surface area contributed by atoms with Gasteiger partial charge in [0, 0.05) is 29.9 Å². The van der Waals surface area contributed by atoms with Crippen molar-refractivity contribution in [1.29, 1.82) is 0 Å². The summed E-state index contributed by atoms with van der Waals surface area (Å²) in [5, 5.41) is 25.1. The number of alkyl carbamates (subject to hydrolysis) is 1. The van der Waals surface area contributed by atoms with Crippen molar-refractivity contribution in [3.8, 4) is 5.75 Å². The topological polar surface area (TPSA) is 344 Å². The molecule has 22 nitrogen and oxygen atoms in total. The Bertz CT molecular complexity index is 2300. The normalized spacial score (nSPS) is 13.7. The molecule has 0 unspecified atom stereocenters. The minimum Gasteiger partial charge on any atom is -0.481 e. The molecule has 0 aliphatic rings. The van der Waals surface area contributed by atoms with E-state index in [1.807, 2.05) is 13.0 Å². The van der Waals surface area contributed by atoms with Gasteiger partial charge in [0.1, 0.15) is 41.6 Å². The van der Waals surface area contributed by atoms with Gasteiger partial charge < -0.3 is 56.6 Å². The number of aromatic nitrogens is 1. The van der Waals surface area contributed by atoms with E-state index in [0.29, 0.717) is 29.7 Å². The number of fused-ring (bicyclic) bond motifs is 1. The average Bonchev–Trinajstić information content (AvgIpc) is 3.63. The van der Waals surface area contributed by atoms with Gasteiger partial charge in [-0.1, -0.05) is 50.1 Å². The molecule has 0 saturated carbocycles. The summed E-state index contributed by atoms with van der Waals surface area (Å²) in [6.07, 6.45) is 2.64. The number of unbranched alkanes of at least 4 members (excludes halogenated alkanes) is 1. The molecule has 0 bridgehead atoms. The molecule has 0 aliphatic carbocycles. The van der Waals surface area contributed by atoms with Crippen LogP contribution in [-0.4, -0.2) is 125 Å². The van der Waals surface area contributed by atoms with E-state index in [1.54, 1.807) is 51.4 Å². The van der Waals surface area contributed by atoms with Crippen LogP contribution in [0, 0.1) is 0 Å². The fraction of sp³-hybridized carbons (Fsp3) is 0.476. The summed E-state index contributed by atoms with van der Waals surface area (Å²) in [5.41, 5.74) is 6.15. The molecule has 1 heterocycles. The Kier molecular flexibility index (Phi) is 20.7. The van der Waals surface area contributed by atoms with E-state index in [4.69, 9.17) is 15.0 Å². The summed E-state index contributed by atoms with van der Waals surface area (Å²) in [7, 11) is -4.81. The van der Waals surface area contributed by atoms with Crippen molar-refractivity contribution in [2.24, 2.45) is 5.73 Å². The predicted octanol–water partition coefficient (Wildman–Crippen LogP) is 0.987. The van der Waals surface area contributed by atoms with Gasteiger partial charge >= 0.3 is 22.5 Å². The second-order valence-electron chi connectivity index (χ2n) is 16.1. The highest BCUT2D eigenvalue weighted by molar-refractivity contribution is 7.98. The lowest BCUT2D eigenvalue weighted by Gasteiger charge is -2.26. The molecule has 0 spiro atoms. The monoisotopic (exact) mass is 962 g/mol. The van der Waals surface area contributed by atoms with Crippen LogP contribution in [0.4, 0.5) is 4.79 Å². The van der Waals surface area contributed by atoms with Crippen LogP contribution in [0.25, 0.3) is 10.9 Å². The van der Waals surface area contributed by atoms with E-state index in [9.17, 15) is 51.9 Å². The van der Waals surface area contributed by atoms with Crippen LogP contribution >= 0.6 is 11.8 Å². The zero-order valence-electron chi connectivity index (χ0n) is 37.1. The fourth-order valence-corrected chi connectivity index (χ4v) is 7.18. The zero-order chi connectivity index (χ0) is 49.2. The second kappa shape index (κ2) is 25.3. The largest absolute Gasteiger partial charge is 0.481 e. The third-order valence-electron chi connectivity index (χ3n) is 9.51. The van der Waals surface area contributed by atoms with E-state index in [-0.39, 0.29) is 31.4 Å². The number of primary amides is 1. The Morgan fingerprint density at radius 2 is 1.38 bits per heavy atom. The number of thioether (sulfide) groups is 1. The summed E-state index contributed by atoms with van der Waals surface area (Å²) in [5.74, 6) is -6.42. The number of aliphatic carboxylic acids is 1. The Balaban J connectivity index is 1.82. The minimum absolute atomic E-state index is 0.0804. The third kappa shape index (κ3) is 19.0. The van der Waals surface area contributed by atoms with E-state index < -0.39 is 107 Å². The third-order valence-corrected chi connectivity index (χ3v) is 10.6. The first-order valence-corrected chi connectivity index (χ1v) is 23.5. The first kappa shape index (κ1) is 53.9. The number of aromatic amines is 1. The first-order chi connectivity index (χ1) is 31.0. The number of H-pyrrole nitrogens is 1. The molecular weight excluding hydrogens is 905 g/mol. The van der Waals surface area contributed by atoms with Crippen molar-refractivity contribution < 1.29 is 65.4 Å². The van der Waals surface area contributed by atoms with Crippen molar-refractivity contribution in [1.82, 2.24) is 36.9 Å². The van der Waals surface area contributed by atoms with Crippen molar-refractivity contribution in [3.63, 3.8) is 0 Å². The van der Waals surface area contributed by atoms with Gasteiger partial charge in [0.25, 0.3) is 0 Å². The summed E-state index contributed by atoms with van der Waals surface area (Å²) >= 11 is 1.37. The van der Waals surface area contributed by atoms with Crippen molar-refractivity contribution >= 4 is 80.6 Å². The number of nitrogens with one attached hydrogen (secondary N) is 7. The highest BCUT2D eigenvalue weighted by Gasteiger charge is 2.32. The van der Waals surface area contributed by atoms with Crippen LogP contribution < -0.4 is 41.8 Å². The fourth-order valence-electron chi connectivity index (χ4n) is 6.36. The molecule has 0 radical (unpaired) electrons. The molecule has 2 aromatic carbocycles. The number of hydrogen-bond acceptors (Lipinski definition) is 13. The number of benzene rings is 2. The van der Waals surface area contributed by atoms with Crippen molar-refractivity contribution in [2.75, 3.05) is 18.6 Å². The standard InChI is InChI=1S/C42H58N8O14S2/c1-6-7-11-29(38(56)49-31(36(43)54)21-35(52)53)47-40(58)33(20-25-22-44-28-12-9-8-10-27(25)28)46-34(51)23-45-37(55)30(17-18-65-5)48-39(57)32(50-41(59)63-42(2,3)4)19-24-13-15-26(16-14-24)64-66(60,61)62/h8-10,12-16,22,29-33,44H,6-7,11,17-21,23H2,1-5H3,(H2,43,54)(H,45,55)(H,46,51)(H,47,58)(H,48,57)(H,49,56)(H,50,59)(H,52,53)(H,60,61,62)/t29-,30-,31-,32-,33-/m0/s1. The SMILES string of the molecule is CCCC[C@H](NC(=O)[C@H](Cc1c[nH]c2ccccc12)NC(=O)CNC(=O)[C@H](CCSC)NC(=O)[C@H](Cc1ccc(OS(=O)(=O)O)cc1)NC(=O)OC(C)(C)C)C(=O)N[C@@H](CC(=O)O)C(N)=O. The molecule has 3 rings (SSSR count). The summed E-state index contributed by atoms with van der Waals surface area (Å²) in [6, 6.07) is 5.67. The molecule has 66 heavy (non-hydrogen) atoms. The highest BCUT2D eigenvalue weighted by Crippen LogP contribution is 2.20. The van der Waals surface area contributed by atoms with Crippen LogP contribution in [0.15, 0.2) is 54.7 Å². The maximum atomic E-state index is 14.0. The Morgan fingerprint density at radius 3 is 1.95 bits per heavy atom. The van der Waals surface area contributed by atoms with Crippen LogP contribution in [0.5, 0.6) is 5.75 Å². The highest BCUT2D eigenvalue weighted by atomic mass is 32.3. The van der Waals surface area contributed by atoms with Gasteiger partial charge in [0.15, 0.2) is 0 Å². The molecule has 7 amide bonds. The van der Waals surface area contributed by atoms with E-state index in [2.05, 4.69) is 41.1 Å². The van der Waals surface area contributed by atoms with Crippen LogP contribution in [0.3, 0.4) is 0 Å². The summed E-state index contributed by atoms with van der Waals surface area (Å²) in [6.45, 7) is 6.01. The molecule has 24 heteroatoms. The second-order valence-corrected chi connectivity index (χ2v) is 18.1. The number of carboxylic acid groups (broad SMARTS) is 1. The Morgan fingerprint density at radius 1 is 0.788 bits per heavy atom. The van der Waals surface area contributed by atoms with Crippen LogP contribution in [0.2, 0.25) is 0 Å². The Labute approximate surface area is 386 Å². The van der Waals surface area contributed by atoms with Gasteiger partial charge in [-0.15, -0.1) is 0 Å². The van der Waals surface area contributed by atoms with Gasteiger partial charge in [-0.25, -0.2) is 4.79 Å². The number of carboxylic acids is 1. The van der Waals surface area contributed by atoms with Crippen LogP contribution in [-0.2, 0) is 61.5 Å². The zero-order valence-corrected chi connectivity index (χ0v) is 38.8. The van der Waals surface area contributed by atoms with Gasteiger partial charge in [-0.2, -0.15) is 20.2 Å². The number of ether oxygens (including phenoxy) is 1. The quantitative estimate of drug-likeness (QED) is 0.0502. The van der Waals surface area contributed by atoms with Gasteiger partial charge in [-0.3, -0.25) is 38.1 Å². The molecule has 11 N–H and O–H groups in total. The predicted molar refractivity (Wildman–Crippen MR) is 242 cm³/mol. The van der Waals surface area contributed by atoms with Gasteiger partial charge in [0.05, 0.1) is 13.0 Å². The maximum Gasteiger partial charge on any atom is 0.446 e. The molecular formula is C42H58N8O14S2. The lowest BCUT2D eigenvalue weighted by Crippen LogP contribution is -2.58. The molecule has 0 saturated heterocycles. The number of para-hydroxylation sites is 1. The average molecular weight is 963 g/mol.